The van der Waals surface area contributed by atoms with Gasteiger partial charge in [-0.2, -0.15) is 13.4 Å². The zero-order valence-corrected chi connectivity index (χ0v) is 23.3. The van der Waals surface area contributed by atoms with Gasteiger partial charge in [-0.3, -0.25) is 23.9 Å². The lowest BCUT2D eigenvalue weighted by molar-refractivity contribution is -0.140. The van der Waals surface area contributed by atoms with Gasteiger partial charge in [0.15, 0.2) is 5.82 Å². The lowest BCUT2D eigenvalue weighted by Crippen LogP contribution is -2.44. The smallest absolute Gasteiger partial charge is 0.326 e. The molecule has 17 heteroatoms. The van der Waals surface area contributed by atoms with E-state index < -0.39 is 34.0 Å². The number of fused-ring (bicyclic) bond motifs is 3. The van der Waals surface area contributed by atoms with Crippen LogP contribution in [0.1, 0.15) is 23.2 Å². The number of rotatable bonds is 8. The van der Waals surface area contributed by atoms with Crippen molar-refractivity contribution in [3.63, 3.8) is 0 Å². The highest BCUT2D eigenvalue weighted by Crippen LogP contribution is 2.32. The molecule has 228 valence electrons. The molecule has 2 aromatic carbocycles. The fraction of sp³-hybridized carbons (Fsp3) is 0.269. The molecule has 5 rings (SSSR count). The van der Waals surface area contributed by atoms with Crippen molar-refractivity contribution < 1.29 is 37.6 Å². The van der Waals surface area contributed by atoms with E-state index in [4.69, 9.17) is 15.4 Å². The van der Waals surface area contributed by atoms with E-state index in [9.17, 15) is 32.7 Å². The maximum Gasteiger partial charge on any atom is 0.326 e. The molecular formula is C26H29N7O9S. The van der Waals surface area contributed by atoms with Gasteiger partial charge in [0.25, 0.3) is 21.6 Å². The number of anilines is 4. The number of hydrogen-bond acceptors (Lipinski definition) is 11. The Bertz CT molecular complexity index is 1660. The molecular weight excluding hydrogens is 586 g/mol. The van der Waals surface area contributed by atoms with Crippen LogP contribution in [0.2, 0.25) is 0 Å². The van der Waals surface area contributed by atoms with Crippen molar-refractivity contribution in [3.8, 4) is 0 Å². The highest BCUT2D eigenvalue weighted by atomic mass is 32.2. The third-order valence-electron chi connectivity index (χ3n) is 6.69. The summed E-state index contributed by atoms with van der Waals surface area (Å²) < 4.78 is 29.2. The predicted molar refractivity (Wildman–Crippen MR) is 155 cm³/mol. The maximum absolute atomic E-state index is 12.4. The van der Waals surface area contributed by atoms with Crippen LogP contribution >= 0.6 is 0 Å². The lowest BCUT2D eigenvalue weighted by Gasteiger charge is -2.31. The number of amides is 1. The van der Waals surface area contributed by atoms with E-state index >= 15 is 0 Å². The first kappa shape index (κ1) is 30.8. The zero-order chi connectivity index (χ0) is 31.3. The number of nitrogens with two attached hydrogens (primary N) is 1. The van der Waals surface area contributed by atoms with Crippen molar-refractivity contribution >= 4 is 51.1 Å². The molecule has 3 heterocycles. The third kappa shape index (κ3) is 7.57. The van der Waals surface area contributed by atoms with Crippen molar-refractivity contribution in [2.24, 2.45) is 0 Å². The maximum atomic E-state index is 12.4. The Labute approximate surface area is 244 Å². The molecule has 1 amide bonds. The van der Waals surface area contributed by atoms with Gasteiger partial charge in [0.1, 0.15) is 11.7 Å². The number of aliphatic carboxylic acids is 2. The van der Waals surface area contributed by atoms with Gasteiger partial charge >= 0.3 is 11.9 Å². The number of aromatic nitrogens is 2. The molecule has 3 aromatic rings. The minimum Gasteiger partial charge on any atom is -0.481 e. The number of carboxylic acid groups (broad SMARTS) is 2. The van der Waals surface area contributed by atoms with E-state index in [0.29, 0.717) is 31.3 Å². The van der Waals surface area contributed by atoms with Crippen molar-refractivity contribution in [1.82, 2.24) is 15.3 Å². The van der Waals surface area contributed by atoms with Gasteiger partial charge in [-0.15, -0.1) is 0 Å². The molecule has 0 bridgehead atoms. The number of H-pyrrole nitrogens is 1. The summed E-state index contributed by atoms with van der Waals surface area (Å²) >= 11 is 0. The second kappa shape index (κ2) is 12.8. The second-order valence-corrected chi connectivity index (χ2v) is 11.1. The van der Waals surface area contributed by atoms with E-state index in [1.165, 1.54) is 12.1 Å². The molecule has 0 aliphatic carbocycles. The summed E-state index contributed by atoms with van der Waals surface area (Å²) in [5, 5.41) is 23.4. The third-order valence-corrected chi connectivity index (χ3v) is 7.55. The van der Waals surface area contributed by atoms with Crippen molar-refractivity contribution in [2.45, 2.75) is 29.8 Å². The van der Waals surface area contributed by atoms with E-state index in [2.05, 4.69) is 20.6 Å². The Morgan fingerprint density at radius 1 is 1.09 bits per heavy atom. The average Bonchev–Trinajstić information content (AvgIpc) is 3.39. The van der Waals surface area contributed by atoms with Crippen LogP contribution in [-0.2, 0) is 19.7 Å². The van der Waals surface area contributed by atoms with Crippen LogP contribution in [0.4, 0.5) is 23.1 Å². The van der Waals surface area contributed by atoms with E-state index in [1.807, 2.05) is 9.80 Å². The first-order valence-electron chi connectivity index (χ1n) is 12.9. The van der Waals surface area contributed by atoms with Gasteiger partial charge in [-0.05, 0) is 42.8 Å². The molecule has 2 aliphatic heterocycles. The lowest BCUT2D eigenvalue weighted by atomic mass is 10.1. The number of carbonyl (C=O) groups excluding carboxylic acids is 1. The average molecular weight is 616 g/mol. The van der Waals surface area contributed by atoms with Gasteiger partial charge in [0.05, 0.1) is 17.6 Å². The monoisotopic (exact) mass is 615 g/mol. The molecule has 16 nitrogen and oxygen atoms in total. The number of carbonyl (C=O) groups is 3. The number of hydrogen-bond donors (Lipinski definition) is 7. The van der Waals surface area contributed by atoms with Gasteiger partial charge in [0.2, 0.25) is 5.95 Å². The van der Waals surface area contributed by atoms with Gasteiger partial charge in [0, 0.05) is 30.8 Å². The number of benzene rings is 2. The molecule has 43 heavy (non-hydrogen) atoms. The summed E-state index contributed by atoms with van der Waals surface area (Å²) in [6.07, 6.45) is -0.583. The molecule has 1 saturated heterocycles. The van der Waals surface area contributed by atoms with E-state index in [1.54, 1.807) is 42.5 Å². The highest BCUT2D eigenvalue weighted by Gasteiger charge is 2.37. The fourth-order valence-corrected chi connectivity index (χ4v) is 5.10. The highest BCUT2D eigenvalue weighted by molar-refractivity contribution is 7.85. The predicted octanol–water partition coefficient (Wildman–Crippen LogP) is 0.411. The van der Waals surface area contributed by atoms with Gasteiger partial charge in [-0.25, -0.2) is 4.79 Å². The SMILES string of the molecule is Nc1nc2c(c(=O)[nH]1)N1CN(c3ccc(C(=O)NC(CCC(=O)O)C(=O)O)cc3)C[C@H]1CN2.O=S(=O)(O)c1ccccc1. The van der Waals surface area contributed by atoms with Gasteiger partial charge < -0.3 is 36.4 Å². The number of nitrogen functional groups attached to an aromatic ring is 1. The molecule has 2 aliphatic rings. The number of nitrogens with zero attached hydrogens (tertiary/aromatic N) is 3. The van der Waals surface area contributed by atoms with Crippen LogP contribution in [-0.4, -0.2) is 82.8 Å². The summed E-state index contributed by atoms with van der Waals surface area (Å²) in [4.78, 5) is 57.4. The Kier molecular flexibility index (Phi) is 9.15. The molecule has 1 fully saturated rings. The Morgan fingerprint density at radius 2 is 1.77 bits per heavy atom. The summed E-state index contributed by atoms with van der Waals surface area (Å²) in [6.45, 7) is 1.67. The summed E-state index contributed by atoms with van der Waals surface area (Å²) in [5.74, 6) is -2.55. The van der Waals surface area contributed by atoms with Crippen LogP contribution < -0.4 is 31.7 Å². The quantitative estimate of drug-likeness (QED) is 0.170. The van der Waals surface area contributed by atoms with Crippen LogP contribution in [0.15, 0.2) is 64.3 Å². The molecule has 1 unspecified atom stereocenters. The minimum absolute atomic E-state index is 0.0394. The number of nitrogens with one attached hydrogen (secondary N) is 3. The number of carboxylic acids is 2. The molecule has 0 spiro atoms. The molecule has 0 radical (unpaired) electrons. The standard InChI is InChI=1S/C20H23N7O6.C6H6O3S/c21-20-24-16-15(18(31)25-20)27-9-26(8-12(27)7-22-16)11-3-1-10(2-4-11)17(30)23-13(19(32)33)5-6-14(28)29;7-10(8,9)6-4-2-1-3-5-6/h1-4,12-13H,5-9H2,(H,23,30)(H,28,29)(H,32,33)(H4,21,22,24,25,31);1-5H,(H,7,8,9)/t12-,13?;/m1./s1. The first-order valence-corrected chi connectivity index (χ1v) is 14.3. The van der Waals surface area contributed by atoms with Gasteiger partial charge in [-0.1, -0.05) is 18.2 Å². The second-order valence-electron chi connectivity index (χ2n) is 9.65. The normalized spacial score (nSPS) is 16.1. The molecule has 0 saturated carbocycles. The van der Waals surface area contributed by atoms with Crippen LogP contribution in [0.25, 0.3) is 0 Å². The minimum atomic E-state index is -4.00. The molecule has 2 atom stereocenters. The summed E-state index contributed by atoms with van der Waals surface area (Å²) in [7, 11) is -4.00. The van der Waals surface area contributed by atoms with E-state index in [-0.39, 0.29) is 40.9 Å². The van der Waals surface area contributed by atoms with Crippen LogP contribution in [0.3, 0.4) is 0 Å². The molecule has 1 aromatic heterocycles. The Hall–Kier alpha value is -5.16. The van der Waals surface area contributed by atoms with E-state index in [0.717, 1.165) is 5.69 Å². The van der Waals surface area contributed by atoms with Crippen molar-refractivity contribution in [3.05, 3.63) is 70.5 Å². The summed E-state index contributed by atoms with van der Waals surface area (Å²) in [5.41, 5.74) is 6.81. The number of aromatic amines is 1. The van der Waals surface area contributed by atoms with Crippen molar-refractivity contribution in [1.29, 1.82) is 0 Å². The first-order chi connectivity index (χ1) is 20.3. The Balaban J connectivity index is 0.000000359. The summed E-state index contributed by atoms with van der Waals surface area (Å²) in [6, 6.07) is 12.8. The topological polar surface area (TPSA) is 248 Å². The van der Waals surface area contributed by atoms with Crippen LogP contribution in [0.5, 0.6) is 0 Å². The molecule has 8 N–H and O–H groups in total. The Morgan fingerprint density at radius 3 is 2.35 bits per heavy atom. The largest absolute Gasteiger partial charge is 0.481 e. The zero-order valence-electron chi connectivity index (χ0n) is 22.5. The van der Waals surface area contributed by atoms with Crippen molar-refractivity contribution in [2.75, 3.05) is 40.6 Å². The van der Waals surface area contributed by atoms with Crippen LogP contribution in [0, 0.1) is 0 Å². The fourth-order valence-electron chi connectivity index (χ4n) is 4.60.